The van der Waals surface area contributed by atoms with E-state index in [1.165, 1.54) is 0 Å². The summed E-state index contributed by atoms with van der Waals surface area (Å²) in [7, 11) is 0. The van der Waals surface area contributed by atoms with Crippen molar-refractivity contribution in [1.82, 2.24) is 9.97 Å². The van der Waals surface area contributed by atoms with E-state index in [0.717, 1.165) is 24.4 Å². The Balaban J connectivity index is 2.73. The summed E-state index contributed by atoms with van der Waals surface area (Å²) in [5.41, 5.74) is 0.884. The summed E-state index contributed by atoms with van der Waals surface area (Å²) in [5.74, 6) is 1.68. The lowest BCUT2D eigenvalue weighted by molar-refractivity contribution is -0.116. The maximum atomic E-state index is 11.6. The van der Waals surface area contributed by atoms with Crippen molar-refractivity contribution in [2.24, 2.45) is 0 Å². The number of carbonyl (C=O) groups is 1. The van der Waals surface area contributed by atoms with Gasteiger partial charge in [0.1, 0.15) is 11.6 Å². The molecule has 0 fully saturated rings. The molecule has 0 aliphatic rings. The number of nitrogens with zero attached hydrogens (tertiary/aromatic N) is 2. The molecule has 0 aromatic carbocycles. The van der Waals surface area contributed by atoms with E-state index in [2.05, 4.69) is 22.2 Å². The molecular weight excluding hydrogens is 214 g/mol. The molecule has 1 aromatic heterocycles. The molecule has 0 spiro atoms. The second-order valence-corrected chi connectivity index (χ2v) is 4.56. The molecule has 1 N–H and O–H groups in total. The number of unbranched alkanes of at least 4 members (excludes halogenated alkanes) is 1. The molecule has 0 bridgehead atoms. The van der Waals surface area contributed by atoms with Crippen molar-refractivity contribution in [3.8, 4) is 0 Å². The van der Waals surface area contributed by atoms with Crippen LogP contribution in [0.4, 0.5) is 5.82 Å². The van der Waals surface area contributed by atoms with Gasteiger partial charge < -0.3 is 5.32 Å². The number of anilines is 1. The Bertz CT molecular complexity index is 388. The fourth-order valence-corrected chi connectivity index (χ4v) is 1.46. The van der Waals surface area contributed by atoms with Crippen LogP contribution in [0.25, 0.3) is 0 Å². The Morgan fingerprint density at radius 1 is 1.41 bits per heavy atom. The normalized spacial score (nSPS) is 10.6. The van der Waals surface area contributed by atoms with Crippen LogP contribution in [0.3, 0.4) is 0 Å². The summed E-state index contributed by atoms with van der Waals surface area (Å²) < 4.78 is 0. The first-order chi connectivity index (χ1) is 8.02. The summed E-state index contributed by atoms with van der Waals surface area (Å²) >= 11 is 0. The van der Waals surface area contributed by atoms with E-state index < -0.39 is 0 Å². The van der Waals surface area contributed by atoms with Gasteiger partial charge in [-0.25, -0.2) is 9.97 Å². The molecule has 0 radical (unpaired) electrons. The number of aromatic nitrogens is 2. The van der Waals surface area contributed by atoms with Crippen LogP contribution in [0.5, 0.6) is 0 Å². The van der Waals surface area contributed by atoms with Crippen molar-refractivity contribution in [1.29, 1.82) is 0 Å². The first-order valence-electron chi connectivity index (χ1n) is 6.18. The van der Waals surface area contributed by atoms with Crippen LogP contribution < -0.4 is 5.32 Å². The van der Waals surface area contributed by atoms with E-state index in [1.54, 1.807) is 6.07 Å². The lowest BCUT2D eigenvalue weighted by atomic mass is 10.2. The zero-order valence-electron chi connectivity index (χ0n) is 11.1. The van der Waals surface area contributed by atoms with E-state index in [1.807, 2.05) is 20.8 Å². The Hall–Kier alpha value is -1.45. The van der Waals surface area contributed by atoms with Crippen molar-refractivity contribution < 1.29 is 4.79 Å². The molecular formula is C13H21N3O. The molecule has 94 valence electrons. The highest BCUT2D eigenvalue weighted by Gasteiger charge is 2.08. The maximum Gasteiger partial charge on any atom is 0.225 e. The molecule has 4 nitrogen and oxygen atoms in total. The van der Waals surface area contributed by atoms with E-state index >= 15 is 0 Å². The summed E-state index contributed by atoms with van der Waals surface area (Å²) in [5, 5.41) is 2.82. The number of hydrogen-bond donors (Lipinski definition) is 1. The van der Waals surface area contributed by atoms with Gasteiger partial charge in [0.05, 0.1) is 0 Å². The first kappa shape index (κ1) is 13.6. The van der Waals surface area contributed by atoms with Crippen LogP contribution in [-0.4, -0.2) is 15.9 Å². The third kappa shape index (κ3) is 4.51. The Kier molecular flexibility index (Phi) is 5.07. The smallest absolute Gasteiger partial charge is 0.225 e. The lowest BCUT2D eigenvalue weighted by Crippen LogP contribution is -2.14. The molecule has 1 aromatic rings. The van der Waals surface area contributed by atoms with Gasteiger partial charge >= 0.3 is 0 Å². The highest BCUT2D eigenvalue weighted by atomic mass is 16.1. The van der Waals surface area contributed by atoms with E-state index in [4.69, 9.17) is 0 Å². The first-order valence-corrected chi connectivity index (χ1v) is 6.18. The molecule has 4 heteroatoms. The second kappa shape index (κ2) is 6.33. The van der Waals surface area contributed by atoms with Gasteiger partial charge in [0.2, 0.25) is 5.91 Å². The molecule has 1 amide bonds. The molecule has 0 aliphatic carbocycles. The van der Waals surface area contributed by atoms with Crippen molar-refractivity contribution in [2.45, 2.75) is 52.9 Å². The zero-order chi connectivity index (χ0) is 12.8. The molecule has 0 atom stereocenters. The maximum absolute atomic E-state index is 11.6. The van der Waals surface area contributed by atoms with Crippen molar-refractivity contribution in [3.63, 3.8) is 0 Å². The lowest BCUT2D eigenvalue weighted by Gasteiger charge is -2.09. The SMILES string of the molecule is CCCCC(=O)Nc1cc(C)nc(C(C)C)n1. The van der Waals surface area contributed by atoms with Crippen molar-refractivity contribution >= 4 is 11.7 Å². The molecule has 17 heavy (non-hydrogen) atoms. The van der Waals surface area contributed by atoms with Crippen LogP contribution in [0.1, 0.15) is 57.5 Å². The predicted octanol–water partition coefficient (Wildman–Crippen LogP) is 3.04. The molecule has 0 saturated heterocycles. The fourth-order valence-electron chi connectivity index (χ4n) is 1.46. The minimum absolute atomic E-state index is 0.0275. The highest BCUT2D eigenvalue weighted by Crippen LogP contribution is 2.13. The molecule has 0 unspecified atom stereocenters. The minimum Gasteiger partial charge on any atom is -0.311 e. The van der Waals surface area contributed by atoms with E-state index in [-0.39, 0.29) is 11.8 Å². The molecule has 0 aliphatic heterocycles. The number of aryl methyl sites for hydroxylation is 1. The van der Waals surface area contributed by atoms with Gasteiger partial charge in [-0.05, 0) is 13.3 Å². The van der Waals surface area contributed by atoms with Crippen LogP contribution in [0.15, 0.2) is 6.07 Å². The molecule has 1 heterocycles. The quantitative estimate of drug-likeness (QED) is 0.853. The molecule has 0 saturated carbocycles. The number of nitrogens with one attached hydrogen (secondary N) is 1. The highest BCUT2D eigenvalue weighted by molar-refractivity contribution is 5.89. The van der Waals surface area contributed by atoms with Crippen LogP contribution >= 0.6 is 0 Å². The molecule has 1 rings (SSSR count). The summed E-state index contributed by atoms with van der Waals surface area (Å²) in [4.78, 5) is 20.3. The Labute approximate surface area is 103 Å². The topological polar surface area (TPSA) is 54.9 Å². The van der Waals surface area contributed by atoms with E-state index in [0.29, 0.717) is 12.2 Å². The second-order valence-electron chi connectivity index (χ2n) is 4.56. The number of amides is 1. The summed E-state index contributed by atoms with van der Waals surface area (Å²) in [6.07, 6.45) is 2.48. The van der Waals surface area contributed by atoms with Crippen LogP contribution in [-0.2, 0) is 4.79 Å². The zero-order valence-corrected chi connectivity index (χ0v) is 11.1. The standard InChI is InChI=1S/C13H21N3O/c1-5-6-7-12(17)15-11-8-10(4)14-13(16-11)9(2)3/h8-9H,5-7H2,1-4H3,(H,14,15,16,17). The summed E-state index contributed by atoms with van der Waals surface area (Å²) in [6.45, 7) is 8.06. The Morgan fingerprint density at radius 2 is 2.12 bits per heavy atom. The van der Waals surface area contributed by atoms with E-state index in [9.17, 15) is 4.79 Å². The van der Waals surface area contributed by atoms with Gasteiger partial charge in [0.25, 0.3) is 0 Å². The van der Waals surface area contributed by atoms with Gasteiger partial charge in [-0.1, -0.05) is 27.2 Å². The fraction of sp³-hybridized carbons (Fsp3) is 0.615. The van der Waals surface area contributed by atoms with Crippen LogP contribution in [0, 0.1) is 6.92 Å². The van der Waals surface area contributed by atoms with Gasteiger partial charge in [-0.15, -0.1) is 0 Å². The van der Waals surface area contributed by atoms with Crippen molar-refractivity contribution in [2.75, 3.05) is 5.32 Å². The largest absolute Gasteiger partial charge is 0.311 e. The van der Waals surface area contributed by atoms with Gasteiger partial charge in [0.15, 0.2) is 0 Å². The summed E-state index contributed by atoms with van der Waals surface area (Å²) in [6, 6.07) is 1.80. The third-order valence-corrected chi connectivity index (χ3v) is 2.41. The monoisotopic (exact) mass is 235 g/mol. The van der Waals surface area contributed by atoms with Gasteiger partial charge in [0, 0.05) is 24.1 Å². The Morgan fingerprint density at radius 3 is 2.71 bits per heavy atom. The van der Waals surface area contributed by atoms with Crippen LogP contribution in [0.2, 0.25) is 0 Å². The number of carbonyl (C=O) groups excluding carboxylic acids is 1. The minimum atomic E-state index is 0.0275. The van der Waals surface area contributed by atoms with Gasteiger partial charge in [-0.3, -0.25) is 4.79 Å². The number of hydrogen-bond acceptors (Lipinski definition) is 3. The van der Waals surface area contributed by atoms with Crippen molar-refractivity contribution in [3.05, 3.63) is 17.6 Å². The third-order valence-electron chi connectivity index (χ3n) is 2.41. The number of rotatable bonds is 5. The predicted molar refractivity (Wildman–Crippen MR) is 69.0 cm³/mol. The van der Waals surface area contributed by atoms with Gasteiger partial charge in [-0.2, -0.15) is 0 Å². The average molecular weight is 235 g/mol. The average Bonchev–Trinajstić information content (AvgIpc) is 2.25.